The summed E-state index contributed by atoms with van der Waals surface area (Å²) in [5, 5.41) is 22.8. The maximum atomic E-state index is 13.5. The largest absolute Gasteiger partial charge is 0.478 e. The predicted octanol–water partition coefficient (Wildman–Crippen LogP) is 2.84. The minimum Gasteiger partial charge on any atom is -0.478 e. The highest BCUT2D eigenvalue weighted by molar-refractivity contribution is 7.89. The maximum absolute atomic E-state index is 13.5. The van der Waals surface area contributed by atoms with Crippen LogP contribution in [0.2, 0.25) is 5.02 Å². The van der Waals surface area contributed by atoms with Crippen LogP contribution in [0.3, 0.4) is 0 Å². The number of benzene rings is 2. The Balaban J connectivity index is 1.92. The zero-order chi connectivity index (χ0) is 22.9. The second kappa shape index (κ2) is 9.00. The van der Waals surface area contributed by atoms with E-state index in [1.807, 2.05) is 0 Å². The number of hydrogen-bond acceptors (Lipinski definition) is 7. The van der Waals surface area contributed by atoms with Crippen LogP contribution in [0.4, 0.5) is 11.4 Å². The molecule has 2 heterocycles. The molecular weight excluding hydrogens is 458 g/mol. The molecule has 2 aromatic carbocycles. The first-order chi connectivity index (χ1) is 15.3. The predicted molar refractivity (Wildman–Crippen MR) is 119 cm³/mol. The Hall–Kier alpha value is -2.76. The number of sulfonamides is 1. The standard InChI is InChI=1S/C21H20ClN3O6S/c22-14-2-4-17-15(10-14)20(24-18-3-1-13(12-26)9-16(18)21(27)28)19(11-23-17)32(29,30)25-5-7-31-8-6-25/h1-4,9-11,26H,5-8,12H2,(H,23,24)(H,27,28). The van der Waals surface area contributed by atoms with Crippen molar-refractivity contribution >= 4 is 49.9 Å². The number of aromatic carboxylic acids is 1. The van der Waals surface area contributed by atoms with Crippen molar-refractivity contribution in [3.05, 3.63) is 58.7 Å². The van der Waals surface area contributed by atoms with Gasteiger partial charge in [0, 0.05) is 29.7 Å². The molecule has 1 aromatic heterocycles. The van der Waals surface area contributed by atoms with Gasteiger partial charge in [0.25, 0.3) is 0 Å². The molecule has 1 fully saturated rings. The van der Waals surface area contributed by atoms with Crippen LogP contribution in [0.25, 0.3) is 10.9 Å². The van der Waals surface area contributed by atoms with Gasteiger partial charge in [0.2, 0.25) is 10.0 Å². The van der Waals surface area contributed by atoms with Gasteiger partial charge in [-0.05, 0) is 35.9 Å². The molecule has 0 unspecified atom stereocenters. The van der Waals surface area contributed by atoms with E-state index in [-0.39, 0.29) is 54.7 Å². The maximum Gasteiger partial charge on any atom is 0.337 e. The van der Waals surface area contributed by atoms with Crippen molar-refractivity contribution in [3.63, 3.8) is 0 Å². The highest BCUT2D eigenvalue weighted by Gasteiger charge is 2.30. The minimum atomic E-state index is -3.97. The number of morpholine rings is 1. The smallest absolute Gasteiger partial charge is 0.337 e. The summed E-state index contributed by atoms with van der Waals surface area (Å²) in [5.41, 5.74) is 1.13. The SMILES string of the molecule is O=C(O)c1cc(CO)ccc1Nc1c(S(=O)(=O)N2CCOCC2)cnc2ccc(Cl)cc12. The zero-order valence-corrected chi connectivity index (χ0v) is 18.4. The van der Waals surface area contributed by atoms with E-state index in [2.05, 4.69) is 10.3 Å². The molecule has 1 aliphatic rings. The number of aromatic nitrogens is 1. The number of carboxylic acids is 1. The van der Waals surface area contributed by atoms with Crippen LogP contribution in [0.5, 0.6) is 0 Å². The fourth-order valence-corrected chi connectivity index (χ4v) is 5.19. The summed E-state index contributed by atoms with van der Waals surface area (Å²) < 4.78 is 33.5. The summed E-state index contributed by atoms with van der Waals surface area (Å²) in [7, 11) is -3.97. The van der Waals surface area contributed by atoms with Crippen molar-refractivity contribution < 1.29 is 28.2 Å². The Labute approximate surface area is 189 Å². The molecule has 0 radical (unpaired) electrons. The van der Waals surface area contributed by atoms with E-state index in [0.717, 1.165) is 0 Å². The molecular formula is C21H20ClN3O6S. The average molecular weight is 478 g/mol. The molecule has 0 atom stereocenters. The number of nitrogens with one attached hydrogen (secondary N) is 1. The van der Waals surface area contributed by atoms with Crippen LogP contribution in [0.1, 0.15) is 15.9 Å². The van der Waals surface area contributed by atoms with Gasteiger partial charge in [-0.25, -0.2) is 13.2 Å². The number of halogens is 1. The van der Waals surface area contributed by atoms with Crippen LogP contribution < -0.4 is 5.32 Å². The van der Waals surface area contributed by atoms with Gasteiger partial charge in [0.15, 0.2) is 0 Å². The van der Waals surface area contributed by atoms with E-state index in [0.29, 0.717) is 21.5 Å². The number of aliphatic hydroxyl groups excluding tert-OH is 1. The molecule has 0 saturated carbocycles. The summed E-state index contributed by atoms with van der Waals surface area (Å²) in [5.74, 6) is -1.23. The molecule has 3 N–H and O–H groups in total. The Kier molecular flexibility index (Phi) is 6.31. The van der Waals surface area contributed by atoms with Gasteiger partial charge < -0.3 is 20.3 Å². The van der Waals surface area contributed by atoms with Gasteiger partial charge >= 0.3 is 5.97 Å². The van der Waals surface area contributed by atoms with Crippen LogP contribution >= 0.6 is 11.6 Å². The number of anilines is 2. The number of carboxylic acid groups (broad SMARTS) is 1. The molecule has 168 valence electrons. The Bertz CT molecular complexity index is 1290. The Morgan fingerprint density at radius 2 is 1.94 bits per heavy atom. The monoisotopic (exact) mass is 477 g/mol. The van der Waals surface area contributed by atoms with Gasteiger partial charge in [-0.1, -0.05) is 17.7 Å². The molecule has 3 aromatic rings. The van der Waals surface area contributed by atoms with Crippen LogP contribution in [0, 0.1) is 0 Å². The number of ether oxygens (including phenoxy) is 1. The number of pyridine rings is 1. The fourth-order valence-electron chi connectivity index (χ4n) is 3.51. The van der Waals surface area contributed by atoms with Crippen LogP contribution in [0.15, 0.2) is 47.5 Å². The van der Waals surface area contributed by atoms with E-state index in [4.69, 9.17) is 16.3 Å². The van der Waals surface area contributed by atoms with Crippen molar-refractivity contribution in [2.45, 2.75) is 11.5 Å². The third kappa shape index (κ3) is 4.27. The number of aliphatic hydroxyl groups is 1. The van der Waals surface area contributed by atoms with E-state index >= 15 is 0 Å². The Morgan fingerprint density at radius 3 is 2.62 bits per heavy atom. The van der Waals surface area contributed by atoms with E-state index in [1.54, 1.807) is 24.3 Å². The van der Waals surface area contributed by atoms with Crippen LogP contribution in [-0.2, 0) is 21.4 Å². The number of fused-ring (bicyclic) bond motifs is 1. The second-order valence-corrected chi connectivity index (χ2v) is 9.49. The topological polar surface area (TPSA) is 129 Å². The average Bonchev–Trinajstić information content (AvgIpc) is 2.80. The first-order valence-electron chi connectivity index (χ1n) is 9.71. The lowest BCUT2D eigenvalue weighted by Gasteiger charge is -2.27. The van der Waals surface area contributed by atoms with Crippen molar-refractivity contribution in [2.24, 2.45) is 0 Å². The quantitative estimate of drug-likeness (QED) is 0.494. The molecule has 1 aliphatic heterocycles. The number of rotatable bonds is 6. The van der Waals surface area contributed by atoms with E-state index < -0.39 is 16.0 Å². The molecule has 32 heavy (non-hydrogen) atoms. The minimum absolute atomic E-state index is 0.100. The van der Waals surface area contributed by atoms with Gasteiger partial charge in [0.1, 0.15) is 4.90 Å². The van der Waals surface area contributed by atoms with Crippen molar-refractivity contribution in [3.8, 4) is 0 Å². The van der Waals surface area contributed by atoms with E-state index in [1.165, 1.54) is 22.6 Å². The molecule has 4 rings (SSSR count). The normalized spacial score (nSPS) is 15.1. The molecule has 0 aliphatic carbocycles. The summed E-state index contributed by atoms with van der Waals surface area (Å²) in [6, 6.07) is 9.24. The van der Waals surface area contributed by atoms with E-state index in [9.17, 15) is 23.4 Å². The van der Waals surface area contributed by atoms with Gasteiger partial charge in [-0.15, -0.1) is 0 Å². The lowest BCUT2D eigenvalue weighted by Crippen LogP contribution is -2.40. The van der Waals surface area contributed by atoms with Crippen molar-refractivity contribution in [1.82, 2.24) is 9.29 Å². The third-order valence-electron chi connectivity index (χ3n) is 5.14. The lowest BCUT2D eigenvalue weighted by molar-refractivity contribution is 0.0697. The highest BCUT2D eigenvalue weighted by Crippen LogP contribution is 2.36. The highest BCUT2D eigenvalue weighted by atomic mass is 35.5. The molecule has 11 heteroatoms. The third-order valence-corrected chi connectivity index (χ3v) is 7.29. The second-order valence-electron chi connectivity index (χ2n) is 7.14. The molecule has 0 bridgehead atoms. The van der Waals surface area contributed by atoms with Gasteiger partial charge in [-0.2, -0.15) is 4.31 Å². The molecule has 1 saturated heterocycles. The first kappa shape index (κ1) is 22.4. The number of carbonyl (C=O) groups is 1. The summed E-state index contributed by atoms with van der Waals surface area (Å²) in [6.07, 6.45) is 1.26. The van der Waals surface area contributed by atoms with Crippen molar-refractivity contribution in [1.29, 1.82) is 0 Å². The molecule has 9 nitrogen and oxygen atoms in total. The summed E-state index contributed by atoms with van der Waals surface area (Å²) in [6.45, 7) is 0.619. The molecule has 0 spiro atoms. The fraction of sp³-hybridized carbons (Fsp3) is 0.238. The summed E-state index contributed by atoms with van der Waals surface area (Å²) in [4.78, 5) is 16.0. The summed E-state index contributed by atoms with van der Waals surface area (Å²) >= 11 is 6.18. The Morgan fingerprint density at radius 1 is 1.19 bits per heavy atom. The van der Waals surface area contributed by atoms with Gasteiger partial charge in [0.05, 0.1) is 42.3 Å². The number of hydrogen-bond donors (Lipinski definition) is 3. The van der Waals surface area contributed by atoms with Crippen molar-refractivity contribution in [2.75, 3.05) is 31.6 Å². The van der Waals surface area contributed by atoms with Crippen LogP contribution in [-0.4, -0.2) is 60.2 Å². The first-order valence-corrected chi connectivity index (χ1v) is 11.5. The zero-order valence-electron chi connectivity index (χ0n) is 16.8. The van der Waals surface area contributed by atoms with Gasteiger partial charge in [-0.3, -0.25) is 4.98 Å². The number of nitrogens with zero attached hydrogens (tertiary/aromatic N) is 2. The molecule has 0 amide bonds. The lowest BCUT2D eigenvalue weighted by atomic mass is 10.1.